The van der Waals surface area contributed by atoms with Crippen molar-refractivity contribution in [1.82, 2.24) is 5.06 Å². The summed E-state index contributed by atoms with van der Waals surface area (Å²) in [5, 5.41) is 2.32. The topological polar surface area (TPSA) is 30.9 Å². The molecule has 4 nitrogen and oxygen atoms in total. The van der Waals surface area contributed by atoms with Crippen LogP contribution in [0.15, 0.2) is 30.3 Å². The van der Waals surface area contributed by atoms with Crippen molar-refractivity contribution in [3.05, 3.63) is 35.9 Å². The molecule has 188 valence electrons. The fourth-order valence-electron chi connectivity index (χ4n) is 6.09. The third-order valence-electron chi connectivity index (χ3n) is 7.92. The normalized spacial score (nSPS) is 27.8. The lowest BCUT2D eigenvalue weighted by Gasteiger charge is -2.59. The van der Waals surface area contributed by atoms with E-state index in [0.29, 0.717) is 0 Å². The van der Waals surface area contributed by atoms with Crippen molar-refractivity contribution in [2.75, 3.05) is 6.61 Å². The van der Waals surface area contributed by atoms with Crippen LogP contribution >= 0.6 is 0 Å². The van der Waals surface area contributed by atoms with Gasteiger partial charge < -0.3 is 9.47 Å². The molecular formula is C29H49NO3. The molecule has 0 radical (unpaired) electrons. The Morgan fingerprint density at radius 1 is 0.970 bits per heavy atom. The molecule has 2 heterocycles. The van der Waals surface area contributed by atoms with Gasteiger partial charge in [0.15, 0.2) is 5.79 Å². The molecule has 3 unspecified atom stereocenters. The highest BCUT2D eigenvalue weighted by molar-refractivity contribution is 5.17. The van der Waals surface area contributed by atoms with E-state index in [2.05, 4.69) is 76.9 Å². The molecule has 1 aromatic rings. The number of benzene rings is 1. The molecular weight excluding hydrogens is 410 g/mol. The number of rotatable bonds is 12. The van der Waals surface area contributed by atoms with E-state index in [1.807, 2.05) is 0 Å². The maximum atomic E-state index is 6.75. The van der Waals surface area contributed by atoms with Crippen LogP contribution in [0.2, 0.25) is 0 Å². The Kier molecular flexibility index (Phi) is 9.42. The number of nitrogens with zero attached hydrogens (tertiary/aromatic N) is 1. The predicted octanol–water partition coefficient (Wildman–Crippen LogP) is 7.97. The van der Waals surface area contributed by atoms with Crippen LogP contribution in [0.4, 0.5) is 0 Å². The zero-order valence-corrected chi connectivity index (χ0v) is 22.2. The molecule has 2 fully saturated rings. The second kappa shape index (κ2) is 11.7. The number of unbranched alkanes of at least 4 members (excludes halogenated alkanes) is 5. The van der Waals surface area contributed by atoms with Gasteiger partial charge in [-0.1, -0.05) is 89.6 Å². The van der Waals surface area contributed by atoms with E-state index in [0.717, 1.165) is 38.7 Å². The van der Waals surface area contributed by atoms with Gasteiger partial charge in [0, 0.05) is 18.4 Å². The minimum Gasteiger partial charge on any atom is -0.347 e. The monoisotopic (exact) mass is 459 g/mol. The minimum absolute atomic E-state index is 0.00266. The molecule has 0 aromatic heterocycles. The van der Waals surface area contributed by atoms with Crippen LogP contribution < -0.4 is 0 Å². The van der Waals surface area contributed by atoms with Gasteiger partial charge in [0.25, 0.3) is 0 Å². The Morgan fingerprint density at radius 2 is 1.64 bits per heavy atom. The summed E-state index contributed by atoms with van der Waals surface area (Å²) in [4.78, 5) is 6.75. The molecule has 1 spiro atoms. The summed E-state index contributed by atoms with van der Waals surface area (Å²) in [7, 11) is 0. The summed E-state index contributed by atoms with van der Waals surface area (Å²) in [6, 6.07) is 10.5. The van der Waals surface area contributed by atoms with Gasteiger partial charge in [-0.15, -0.1) is 0 Å². The number of hydroxylamine groups is 2. The van der Waals surface area contributed by atoms with Gasteiger partial charge in [-0.2, -0.15) is 5.06 Å². The first-order chi connectivity index (χ1) is 15.8. The van der Waals surface area contributed by atoms with Gasteiger partial charge >= 0.3 is 0 Å². The quantitative estimate of drug-likeness (QED) is 0.296. The van der Waals surface area contributed by atoms with E-state index in [-0.39, 0.29) is 23.3 Å². The van der Waals surface area contributed by atoms with Crippen molar-refractivity contribution in [3.63, 3.8) is 0 Å². The van der Waals surface area contributed by atoms with Crippen LogP contribution in [0, 0.1) is 0 Å². The molecule has 0 N–H and O–H groups in total. The van der Waals surface area contributed by atoms with Gasteiger partial charge in [-0.05, 0) is 45.6 Å². The van der Waals surface area contributed by atoms with Crippen molar-refractivity contribution in [2.24, 2.45) is 0 Å². The average Bonchev–Trinajstić information content (AvgIpc) is 3.19. The van der Waals surface area contributed by atoms with E-state index in [9.17, 15) is 0 Å². The van der Waals surface area contributed by atoms with Crippen molar-refractivity contribution in [1.29, 1.82) is 0 Å². The summed E-state index contributed by atoms with van der Waals surface area (Å²) >= 11 is 0. The van der Waals surface area contributed by atoms with E-state index >= 15 is 0 Å². The summed E-state index contributed by atoms with van der Waals surface area (Å²) in [6.45, 7) is 14.3. The van der Waals surface area contributed by atoms with Gasteiger partial charge in [0.05, 0.1) is 18.2 Å². The smallest absolute Gasteiger partial charge is 0.172 e. The highest BCUT2D eigenvalue weighted by Crippen LogP contribution is 2.52. The van der Waals surface area contributed by atoms with Crippen LogP contribution in [-0.4, -0.2) is 34.6 Å². The zero-order valence-electron chi connectivity index (χ0n) is 22.2. The molecule has 0 saturated carbocycles. The Labute approximate surface area is 203 Å². The Bertz CT molecular complexity index is 702. The van der Waals surface area contributed by atoms with Gasteiger partial charge in [-0.3, -0.25) is 4.84 Å². The van der Waals surface area contributed by atoms with E-state index in [4.69, 9.17) is 14.3 Å². The highest BCUT2D eigenvalue weighted by Gasteiger charge is 2.59. The summed E-state index contributed by atoms with van der Waals surface area (Å²) < 4.78 is 13.3. The molecule has 2 aliphatic rings. The standard InChI is InChI=1S/C29H49NO3/c1-7-10-11-12-13-17-20-26-21-31-29(32-26)22-27(5,6)30(28(8-2,9-3)23-29)33-24(4)25-18-15-14-16-19-25/h14-16,18-19,24,26H,7-13,17,20-23H2,1-6H3. The molecule has 3 atom stereocenters. The lowest BCUT2D eigenvalue weighted by atomic mass is 9.73. The fraction of sp³-hybridized carbons (Fsp3) is 0.793. The Morgan fingerprint density at radius 3 is 2.30 bits per heavy atom. The number of piperidine rings is 1. The molecule has 2 aliphatic heterocycles. The first-order valence-corrected chi connectivity index (χ1v) is 13.6. The first-order valence-electron chi connectivity index (χ1n) is 13.6. The summed E-state index contributed by atoms with van der Waals surface area (Å²) in [5.74, 6) is -0.488. The average molecular weight is 460 g/mol. The van der Waals surface area contributed by atoms with Crippen LogP contribution in [0.3, 0.4) is 0 Å². The molecule has 33 heavy (non-hydrogen) atoms. The molecule has 0 amide bonds. The van der Waals surface area contributed by atoms with E-state index in [1.165, 1.54) is 44.1 Å². The number of ether oxygens (including phenoxy) is 2. The molecule has 1 aromatic carbocycles. The SMILES string of the molecule is CCCCCCCCC1COC2(CC(C)(C)N(OC(C)c3ccccc3)C(CC)(CC)C2)O1. The molecule has 0 aliphatic carbocycles. The lowest BCUT2D eigenvalue weighted by Crippen LogP contribution is -2.67. The van der Waals surface area contributed by atoms with Gasteiger partial charge in [-0.25, -0.2) is 0 Å². The first kappa shape index (κ1) is 26.7. The Balaban J connectivity index is 1.67. The lowest BCUT2D eigenvalue weighted by molar-refractivity contribution is -0.359. The van der Waals surface area contributed by atoms with Crippen LogP contribution in [0.5, 0.6) is 0 Å². The zero-order chi connectivity index (χ0) is 24.0. The van der Waals surface area contributed by atoms with Crippen molar-refractivity contribution >= 4 is 0 Å². The molecule has 2 saturated heterocycles. The third kappa shape index (κ3) is 6.39. The maximum absolute atomic E-state index is 6.75. The second-order valence-electron chi connectivity index (χ2n) is 11.1. The van der Waals surface area contributed by atoms with E-state index in [1.54, 1.807) is 0 Å². The molecule has 3 rings (SSSR count). The van der Waals surface area contributed by atoms with Gasteiger partial charge in [0.2, 0.25) is 0 Å². The molecule has 0 bridgehead atoms. The van der Waals surface area contributed by atoms with Crippen LogP contribution in [-0.2, 0) is 14.3 Å². The third-order valence-corrected chi connectivity index (χ3v) is 7.92. The Hall–Kier alpha value is -0.940. The number of hydrogen-bond donors (Lipinski definition) is 0. The van der Waals surface area contributed by atoms with Crippen LogP contribution in [0.25, 0.3) is 0 Å². The molecule has 4 heteroatoms. The second-order valence-corrected chi connectivity index (χ2v) is 11.1. The fourth-order valence-corrected chi connectivity index (χ4v) is 6.09. The largest absolute Gasteiger partial charge is 0.347 e. The van der Waals surface area contributed by atoms with Crippen molar-refractivity contribution in [2.45, 2.75) is 141 Å². The van der Waals surface area contributed by atoms with Crippen LogP contribution in [0.1, 0.15) is 124 Å². The number of hydrogen-bond acceptors (Lipinski definition) is 4. The minimum atomic E-state index is -0.488. The summed E-state index contributed by atoms with van der Waals surface area (Å²) in [5.41, 5.74) is 0.907. The van der Waals surface area contributed by atoms with E-state index < -0.39 is 5.79 Å². The predicted molar refractivity (Wildman–Crippen MR) is 136 cm³/mol. The summed E-state index contributed by atoms with van der Waals surface area (Å²) in [6.07, 6.45) is 13.0. The van der Waals surface area contributed by atoms with Crippen molar-refractivity contribution < 1.29 is 14.3 Å². The maximum Gasteiger partial charge on any atom is 0.172 e. The van der Waals surface area contributed by atoms with Crippen molar-refractivity contribution in [3.8, 4) is 0 Å². The highest BCUT2D eigenvalue weighted by atomic mass is 16.7. The van der Waals surface area contributed by atoms with Gasteiger partial charge in [0.1, 0.15) is 6.10 Å².